The highest BCUT2D eigenvalue weighted by Gasteiger charge is 2.16. The van der Waals surface area contributed by atoms with Crippen LogP contribution in [0.4, 0.5) is 0 Å². The third-order valence-electron chi connectivity index (χ3n) is 3.19. The zero-order valence-corrected chi connectivity index (χ0v) is 13.6. The quantitative estimate of drug-likeness (QED) is 0.800. The number of para-hydroxylation sites is 1. The van der Waals surface area contributed by atoms with Crippen LogP contribution in [-0.2, 0) is 16.4 Å². The fraction of sp³-hybridized carbons (Fsp3) is 0.600. The van der Waals surface area contributed by atoms with Crippen molar-refractivity contribution in [3.63, 3.8) is 0 Å². The van der Waals surface area contributed by atoms with Crippen LogP contribution >= 0.6 is 0 Å². The summed E-state index contributed by atoms with van der Waals surface area (Å²) in [5, 5.41) is 2.90. The topological polar surface area (TPSA) is 55.4 Å². The average Bonchev–Trinajstić information content (AvgIpc) is 2.38. The van der Waals surface area contributed by atoms with E-state index in [1.807, 2.05) is 32.0 Å². The van der Waals surface area contributed by atoms with E-state index in [1.54, 1.807) is 13.8 Å². The lowest BCUT2D eigenvalue weighted by Gasteiger charge is -2.15. The predicted octanol–water partition coefficient (Wildman–Crippen LogP) is 2.31. The van der Waals surface area contributed by atoms with Gasteiger partial charge in [0, 0.05) is 12.1 Å². The number of hydrogen-bond acceptors (Lipinski definition) is 4. The van der Waals surface area contributed by atoms with Crippen LogP contribution < -0.4 is 10.1 Å². The summed E-state index contributed by atoms with van der Waals surface area (Å²) >= 11 is 0. The summed E-state index contributed by atoms with van der Waals surface area (Å²) in [6.45, 7) is 9.22. The minimum Gasteiger partial charge on any atom is -0.492 e. The Balaban J connectivity index is 2.72. The van der Waals surface area contributed by atoms with E-state index in [-0.39, 0.29) is 17.6 Å². The van der Waals surface area contributed by atoms with Gasteiger partial charge in [0.15, 0.2) is 9.84 Å². The molecule has 0 fully saturated rings. The maximum atomic E-state index is 11.8. The normalized spacial score (nSPS) is 11.8. The summed E-state index contributed by atoms with van der Waals surface area (Å²) in [4.78, 5) is 0. The van der Waals surface area contributed by atoms with Gasteiger partial charge in [-0.25, -0.2) is 8.42 Å². The minimum atomic E-state index is -3.05. The lowest BCUT2D eigenvalue weighted by molar-refractivity contribution is 0.333. The van der Waals surface area contributed by atoms with Crippen LogP contribution in [0.1, 0.15) is 31.9 Å². The molecule has 0 amide bonds. The molecule has 0 unspecified atom stereocenters. The number of benzene rings is 1. The number of nitrogens with one attached hydrogen (secondary N) is 1. The lowest BCUT2D eigenvalue weighted by Crippen LogP contribution is -2.22. The second-order valence-corrected chi connectivity index (χ2v) is 7.78. The van der Waals surface area contributed by atoms with E-state index in [9.17, 15) is 8.42 Å². The molecule has 4 nitrogen and oxygen atoms in total. The molecule has 0 spiro atoms. The van der Waals surface area contributed by atoms with Crippen LogP contribution in [0.15, 0.2) is 18.2 Å². The molecule has 1 N–H and O–H groups in total. The van der Waals surface area contributed by atoms with Crippen LogP contribution in [0.25, 0.3) is 0 Å². The number of hydrogen-bond donors (Lipinski definition) is 1. The molecule has 0 saturated carbocycles. The first-order valence-electron chi connectivity index (χ1n) is 7.02. The van der Waals surface area contributed by atoms with Gasteiger partial charge in [0.05, 0.1) is 11.0 Å². The summed E-state index contributed by atoms with van der Waals surface area (Å²) in [6, 6.07) is 5.96. The molecule has 20 heavy (non-hydrogen) atoms. The fourth-order valence-electron chi connectivity index (χ4n) is 1.81. The molecule has 0 aliphatic carbocycles. The summed E-state index contributed by atoms with van der Waals surface area (Å²) in [7, 11) is -3.05. The second-order valence-electron chi connectivity index (χ2n) is 5.11. The summed E-state index contributed by atoms with van der Waals surface area (Å²) in [5.41, 5.74) is 2.09. The van der Waals surface area contributed by atoms with Crippen molar-refractivity contribution in [2.45, 2.75) is 39.5 Å². The van der Waals surface area contributed by atoms with Crippen molar-refractivity contribution in [3.8, 4) is 5.75 Å². The monoisotopic (exact) mass is 299 g/mol. The van der Waals surface area contributed by atoms with Gasteiger partial charge in [0.25, 0.3) is 0 Å². The molecular weight excluding hydrogens is 274 g/mol. The predicted molar refractivity (Wildman–Crippen MR) is 83.0 cm³/mol. The summed E-state index contributed by atoms with van der Waals surface area (Å²) in [5.74, 6) is 0.854. The Kier molecular flexibility index (Phi) is 6.49. The van der Waals surface area contributed by atoms with Crippen molar-refractivity contribution in [2.75, 3.05) is 18.9 Å². The molecule has 0 heterocycles. The van der Waals surface area contributed by atoms with Gasteiger partial charge in [-0.05, 0) is 32.9 Å². The SMILES string of the molecule is CCNCc1cccc(C)c1OCCS(=O)(=O)C(C)C. The zero-order valence-electron chi connectivity index (χ0n) is 12.8. The molecule has 0 aliphatic heterocycles. The van der Waals surface area contributed by atoms with Crippen molar-refractivity contribution in [2.24, 2.45) is 0 Å². The van der Waals surface area contributed by atoms with E-state index >= 15 is 0 Å². The molecule has 1 rings (SSSR count). The molecule has 0 atom stereocenters. The van der Waals surface area contributed by atoms with Crippen LogP contribution in [0.3, 0.4) is 0 Å². The van der Waals surface area contributed by atoms with Crippen LogP contribution in [0.5, 0.6) is 5.75 Å². The Morgan fingerprint density at radius 1 is 1.30 bits per heavy atom. The molecule has 0 aromatic heterocycles. The van der Waals surface area contributed by atoms with Gasteiger partial charge in [-0.3, -0.25) is 0 Å². The maximum absolute atomic E-state index is 11.8. The van der Waals surface area contributed by atoms with E-state index in [1.165, 1.54) is 0 Å². The van der Waals surface area contributed by atoms with Crippen LogP contribution in [0, 0.1) is 6.92 Å². The number of rotatable bonds is 8. The van der Waals surface area contributed by atoms with E-state index in [4.69, 9.17) is 4.74 Å². The Morgan fingerprint density at radius 2 is 2.00 bits per heavy atom. The van der Waals surface area contributed by atoms with E-state index < -0.39 is 9.84 Å². The van der Waals surface area contributed by atoms with Crippen molar-refractivity contribution in [1.29, 1.82) is 0 Å². The van der Waals surface area contributed by atoms with Gasteiger partial charge in [-0.1, -0.05) is 25.1 Å². The van der Waals surface area contributed by atoms with Gasteiger partial charge < -0.3 is 10.1 Å². The van der Waals surface area contributed by atoms with Gasteiger partial charge in [-0.2, -0.15) is 0 Å². The Morgan fingerprint density at radius 3 is 2.60 bits per heavy atom. The number of aryl methyl sites for hydroxylation is 1. The van der Waals surface area contributed by atoms with Crippen molar-refractivity contribution >= 4 is 9.84 Å². The van der Waals surface area contributed by atoms with Crippen molar-refractivity contribution < 1.29 is 13.2 Å². The highest BCUT2D eigenvalue weighted by atomic mass is 32.2. The molecule has 114 valence electrons. The Hall–Kier alpha value is -1.07. The van der Waals surface area contributed by atoms with Gasteiger partial charge in [0.2, 0.25) is 0 Å². The first kappa shape index (κ1) is 17.0. The zero-order chi connectivity index (χ0) is 15.2. The molecule has 5 heteroatoms. The van der Waals surface area contributed by atoms with Gasteiger partial charge in [-0.15, -0.1) is 0 Å². The molecular formula is C15H25NO3S. The van der Waals surface area contributed by atoms with E-state index in [2.05, 4.69) is 5.32 Å². The largest absolute Gasteiger partial charge is 0.492 e. The van der Waals surface area contributed by atoms with Crippen molar-refractivity contribution in [1.82, 2.24) is 5.32 Å². The maximum Gasteiger partial charge on any atom is 0.155 e. The molecule has 1 aromatic rings. The van der Waals surface area contributed by atoms with Crippen molar-refractivity contribution in [3.05, 3.63) is 29.3 Å². The smallest absolute Gasteiger partial charge is 0.155 e. The first-order valence-corrected chi connectivity index (χ1v) is 8.73. The number of sulfone groups is 1. The highest BCUT2D eigenvalue weighted by molar-refractivity contribution is 7.91. The minimum absolute atomic E-state index is 0.0552. The molecule has 0 radical (unpaired) electrons. The van der Waals surface area contributed by atoms with Gasteiger partial charge >= 0.3 is 0 Å². The Bertz CT molecular complexity index is 524. The van der Waals surface area contributed by atoms with E-state index in [0.29, 0.717) is 0 Å². The van der Waals surface area contributed by atoms with Crippen LogP contribution in [0.2, 0.25) is 0 Å². The molecule has 1 aromatic carbocycles. The summed E-state index contributed by atoms with van der Waals surface area (Å²) in [6.07, 6.45) is 0. The summed E-state index contributed by atoms with van der Waals surface area (Å²) < 4.78 is 29.3. The molecule has 0 aliphatic rings. The number of ether oxygens (including phenoxy) is 1. The lowest BCUT2D eigenvalue weighted by atomic mass is 10.1. The highest BCUT2D eigenvalue weighted by Crippen LogP contribution is 2.23. The Labute approximate surface area is 122 Å². The fourth-order valence-corrected chi connectivity index (χ4v) is 2.60. The molecule has 0 bridgehead atoms. The second kappa shape index (κ2) is 7.64. The third-order valence-corrected chi connectivity index (χ3v) is 5.36. The molecule has 0 saturated heterocycles. The average molecular weight is 299 g/mol. The first-order chi connectivity index (χ1) is 9.38. The van der Waals surface area contributed by atoms with Gasteiger partial charge in [0.1, 0.15) is 12.4 Å². The third kappa shape index (κ3) is 4.80. The van der Waals surface area contributed by atoms with E-state index in [0.717, 1.165) is 30.0 Å². The van der Waals surface area contributed by atoms with Crippen LogP contribution in [-0.4, -0.2) is 32.6 Å². The standard InChI is InChI=1S/C15H25NO3S/c1-5-16-11-14-8-6-7-13(4)15(14)19-9-10-20(17,18)12(2)3/h6-8,12,16H,5,9-11H2,1-4H3.